The molecule has 1 N–H and O–H groups in total. The number of hydrogen-bond donors (Lipinski definition) is 1. The van der Waals surface area contributed by atoms with Gasteiger partial charge >= 0.3 is 6.18 Å². The van der Waals surface area contributed by atoms with Gasteiger partial charge in [0.25, 0.3) is 0 Å². The second-order valence-corrected chi connectivity index (χ2v) is 3.44. The Morgan fingerprint density at radius 1 is 1.21 bits per heavy atom. The molecule has 0 amide bonds. The molecule has 1 atom stereocenters. The summed E-state index contributed by atoms with van der Waals surface area (Å²) in [6.45, 7) is 0. The largest absolute Gasteiger partial charge is 0.416 e. The molecule has 1 rings (SSSR count). The molecule has 0 bridgehead atoms. The van der Waals surface area contributed by atoms with Gasteiger partial charge in [0, 0.05) is 5.33 Å². The molecule has 78 valence electrons. The van der Waals surface area contributed by atoms with E-state index < -0.39 is 17.8 Å². The van der Waals surface area contributed by atoms with Crippen molar-refractivity contribution in [2.45, 2.75) is 12.3 Å². The van der Waals surface area contributed by atoms with E-state index in [1.54, 1.807) is 0 Å². The van der Waals surface area contributed by atoms with E-state index in [9.17, 15) is 18.3 Å². The van der Waals surface area contributed by atoms with E-state index in [0.29, 0.717) is 10.9 Å². The van der Waals surface area contributed by atoms with Crippen LogP contribution in [-0.4, -0.2) is 10.4 Å². The van der Waals surface area contributed by atoms with Crippen molar-refractivity contribution in [2.75, 3.05) is 5.33 Å². The number of benzene rings is 1. The van der Waals surface area contributed by atoms with Gasteiger partial charge in [-0.3, -0.25) is 0 Å². The molecule has 0 saturated carbocycles. The lowest BCUT2D eigenvalue weighted by atomic mass is 10.1. The first-order chi connectivity index (χ1) is 6.45. The average Bonchev–Trinajstić information content (AvgIpc) is 2.15. The summed E-state index contributed by atoms with van der Waals surface area (Å²) < 4.78 is 36.4. The first-order valence-electron chi connectivity index (χ1n) is 3.86. The lowest BCUT2D eigenvalue weighted by Crippen LogP contribution is -2.05. The predicted molar refractivity (Wildman–Crippen MR) is 50.2 cm³/mol. The topological polar surface area (TPSA) is 20.2 Å². The molecule has 1 nitrogen and oxygen atoms in total. The van der Waals surface area contributed by atoms with E-state index in [-0.39, 0.29) is 0 Å². The van der Waals surface area contributed by atoms with Gasteiger partial charge in [-0.2, -0.15) is 13.2 Å². The van der Waals surface area contributed by atoms with E-state index in [0.717, 1.165) is 12.1 Å². The van der Waals surface area contributed by atoms with Gasteiger partial charge in [0.05, 0.1) is 11.7 Å². The van der Waals surface area contributed by atoms with Crippen LogP contribution >= 0.6 is 15.9 Å². The van der Waals surface area contributed by atoms with Gasteiger partial charge in [-0.1, -0.05) is 28.1 Å². The lowest BCUT2D eigenvalue weighted by molar-refractivity contribution is -0.137. The van der Waals surface area contributed by atoms with Crippen LogP contribution in [0.3, 0.4) is 0 Å². The summed E-state index contributed by atoms with van der Waals surface area (Å²) in [5, 5.41) is 9.60. The average molecular weight is 269 g/mol. The van der Waals surface area contributed by atoms with Crippen LogP contribution in [0.25, 0.3) is 0 Å². The first-order valence-corrected chi connectivity index (χ1v) is 4.98. The van der Waals surface area contributed by atoms with Crippen molar-refractivity contribution in [1.29, 1.82) is 0 Å². The van der Waals surface area contributed by atoms with Gasteiger partial charge in [0.1, 0.15) is 0 Å². The maximum Gasteiger partial charge on any atom is 0.416 e. The second-order valence-electron chi connectivity index (χ2n) is 2.79. The van der Waals surface area contributed by atoms with E-state index in [1.807, 2.05) is 0 Å². The van der Waals surface area contributed by atoms with Crippen molar-refractivity contribution in [3.05, 3.63) is 35.4 Å². The highest BCUT2D eigenvalue weighted by Crippen LogP contribution is 2.30. The maximum absolute atomic E-state index is 12.1. The Morgan fingerprint density at radius 2 is 1.71 bits per heavy atom. The van der Waals surface area contributed by atoms with E-state index >= 15 is 0 Å². The van der Waals surface area contributed by atoms with Crippen LogP contribution in [0.2, 0.25) is 0 Å². The van der Waals surface area contributed by atoms with Crippen molar-refractivity contribution >= 4 is 15.9 Å². The minimum absolute atomic E-state index is 0.304. The van der Waals surface area contributed by atoms with Crippen LogP contribution in [-0.2, 0) is 6.18 Å². The Kier molecular flexibility index (Phi) is 3.55. The Bertz CT molecular complexity index is 294. The van der Waals surface area contributed by atoms with Gasteiger partial charge in [0.2, 0.25) is 0 Å². The minimum Gasteiger partial charge on any atom is -0.388 e. The highest BCUT2D eigenvalue weighted by Gasteiger charge is 2.30. The van der Waals surface area contributed by atoms with Crippen molar-refractivity contribution in [3.63, 3.8) is 0 Å². The fourth-order valence-electron chi connectivity index (χ4n) is 0.983. The molecule has 0 spiro atoms. The lowest BCUT2D eigenvalue weighted by Gasteiger charge is -2.10. The van der Waals surface area contributed by atoms with Crippen LogP contribution in [0.1, 0.15) is 17.2 Å². The number of aliphatic hydroxyl groups excluding tert-OH is 1. The number of aliphatic hydroxyl groups is 1. The number of hydrogen-bond acceptors (Lipinski definition) is 1. The third-order valence-electron chi connectivity index (χ3n) is 1.77. The van der Waals surface area contributed by atoms with Crippen molar-refractivity contribution in [2.24, 2.45) is 0 Å². The highest BCUT2D eigenvalue weighted by atomic mass is 79.9. The summed E-state index contributed by atoms with van der Waals surface area (Å²) >= 11 is 3.04. The zero-order chi connectivity index (χ0) is 10.8. The van der Waals surface area contributed by atoms with Crippen LogP contribution in [0.15, 0.2) is 24.3 Å². The molecule has 0 fully saturated rings. The van der Waals surface area contributed by atoms with Crippen molar-refractivity contribution in [3.8, 4) is 0 Å². The summed E-state index contributed by atoms with van der Waals surface area (Å²) in [6.07, 6.45) is -5.09. The normalized spacial score (nSPS) is 14.1. The second kappa shape index (κ2) is 4.31. The SMILES string of the molecule is OC(CBr)c1ccc(C(F)(F)F)cc1. The zero-order valence-electron chi connectivity index (χ0n) is 7.05. The standard InChI is InChI=1S/C9H8BrF3O/c10-5-8(14)6-1-3-7(4-2-6)9(11,12)13/h1-4,8,14H,5H2. The Hall–Kier alpha value is -0.550. The van der Waals surface area contributed by atoms with Crippen LogP contribution in [0.5, 0.6) is 0 Å². The van der Waals surface area contributed by atoms with E-state index in [2.05, 4.69) is 15.9 Å². The summed E-state index contributed by atoms with van der Waals surface area (Å²) in [7, 11) is 0. The molecule has 1 aromatic carbocycles. The van der Waals surface area contributed by atoms with Crippen LogP contribution in [0, 0.1) is 0 Å². The van der Waals surface area contributed by atoms with Crippen molar-refractivity contribution < 1.29 is 18.3 Å². The minimum atomic E-state index is -4.32. The monoisotopic (exact) mass is 268 g/mol. The summed E-state index contributed by atoms with van der Waals surface area (Å²) in [6, 6.07) is 4.46. The Balaban J connectivity index is 2.89. The molecule has 1 aromatic rings. The predicted octanol–water partition coefficient (Wildman–Crippen LogP) is 3.13. The van der Waals surface area contributed by atoms with Crippen molar-refractivity contribution in [1.82, 2.24) is 0 Å². The summed E-state index contributed by atoms with van der Waals surface area (Å²) in [4.78, 5) is 0. The van der Waals surface area contributed by atoms with Gasteiger partial charge in [-0.05, 0) is 17.7 Å². The fourth-order valence-corrected chi connectivity index (χ4v) is 1.36. The molecule has 0 aliphatic rings. The van der Waals surface area contributed by atoms with Crippen LogP contribution in [0.4, 0.5) is 13.2 Å². The maximum atomic E-state index is 12.1. The quantitative estimate of drug-likeness (QED) is 0.818. The zero-order valence-corrected chi connectivity index (χ0v) is 8.64. The Labute approximate surface area is 87.7 Å². The molecular weight excluding hydrogens is 261 g/mol. The fraction of sp³-hybridized carbons (Fsp3) is 0.333. The summed E-state index contributed by atoms with van der Waals surface area (Å²) in [5.74, 6) is 0. The smallest absolute Gasteiger partial charge is 0.388 e. The Morgan fingerprint density at radius 3 is 2.07 bits per heavy atom. The van der Waals surface area contributed by atoms with E-state index in [1.165, 1.54) is 12.1 Å². The van der Waals surface area contributed by atoms with Gasteiger partial charge < -0.3 is 5.11 Å². The van der Waals surface area contributed by atoms with Gasteiger partial charge in [-0.15, -0.1) is 0 Å². The molecule has 5 heteroatoms. The molecule has 0 saturated heterocycles. The number of rotatable bonds is 2. The number of halogens is 4. The molecule has 0 radical (unpaired) electrons. The third kappa shape index (κ3) is 2.72. The summed E-state index contributed by atoms with van der Waals surface area (Å²) in [5.41, 5.74) is -0.238. The molecule has 0 aliphatic carbocycles. The molecule has 0 aliphatic heterocycles. The van der Waals surface area contributed by atoms with Gasteiger partial charge in [-0.25, -0.2) is 0 Å². The highest BCUT2D eigenvalue weighted by molar-refractivity contribution is 9.09. The first kappa shape index (κ1) is 11.5. The molecule has 14 heavy (non-hydrogen) atoms. The van der Waals surface area contributed by atoms with Crippen LogP contribution < -0.4 is 0 Å². The van der Waals surface area contributed by atoms with E-state index in [4.69, 9.17) is 0 Å². The third-order valence-corrected chi connectivity index (χ3v) is 2.38. The molecule has 0 aromatic heterocycles. The molecular formula is C9H8BrF3O. The molecule has 1 unspecified atom stereocenters. The van der Waals surface area contributed by atoms with Gasteiger partial charge in [0.15, 0.2) is 0 Å². The molecule has 0 heterocycles. The number of alkyl halides is 4.